The van der Waals surface area contributed by atoms with Gasteiger partial charge in [-0.2, -0.15) is 0 Å². The van der Waals surface area contributed by atoms with Crippen LogP contribution in [-0.2, 0) is 6.54 Å². The smallest absolute Gasteiger partial charge is 0.319 e. The number of benzene rings is 2. The van der Waals surface area contributed by atoms with E-state index in [9.17, 15) is 4.79 Å². The second-order valence-electron chi connectivity index (χ2n) is 6.53. The number of nitrogens with zero attached hydrogens (tertiary/aromatic N) is 1. The van der Waals surface area contributed by atoms with Gasteiger partial charge in [-0.15, -0.1) is 0 Å². The lowest BCUT2D eigenvalue weighted by Gasteiger charge is -2.32. The summed E-state index contributed by atoms with van der Waals surface area (Å²) in [5.74, 6) is 0.766. The summed E-state index contributed by atoms with van der Waals surface area (Å²) in [7, 11) is 0. The molecule has 1 atom stereocenters. The molecule has 4 heteroatoms. The van der Waals surface area contributed by atoms with E-state index in [1.807, 2.05) is 30.3 Å². The molecule has 0 bridgehead atoms. The molecule has 2 amide bonds. The zero-order chi connectivity index (χ0) is 16.8. The summed E-state index contributed by atoms with van der Waals surface area (Å²) in [6.07, 6.45) is 2.60. The molecule has 2 N–H and O–H groups in total. The van der Waals surface area contributed by atoms with E-state index in [0.717, 1.165) is 30.3 Å². The van der Waals surface area contributed by atoms with Crippen molar-refractivity contribution in [1.82, 2.24) is 5.32 Å². The fourth-order valence-electron chi connectivity index (χ4n) is 3.13. The number of urea groups is 1. The van der Waals surface area contributed by atoms with Gasteiger partial charge in [0.2, 0.25) is 0 Å². The maximum atomic E-state index is 11.9. The van der Waals surface area contributed by atoms with E-state index in [0.29, 0.717) is 6.54 Å². The van der Waals surface area contributed by atoms with E-state index in [-0.39, 0.29) is 6.03 Å². The number of anilines is 2. The third-order valence-corrected chi connectivity index (χ3v) is 4.44. The van der Waals surface area contributed by atoms with Gasteiger partial charge >= 0.3 is 6.03 Å². The van der Waals surface area contributed by atoms with Crippen LogP contribution in [0.3, 0.4) is 0 Å². The quantitative estimate of drug-likeness (QED) is 0.883. The monoisotopic (exact) mass is 323 g/mol. The van der Waals surface area contributed by atoms with E-state index < -0.39 is 0 Å². The minimum absolute atomic E-state index is 0.185. The highest BCUT2D eigenvalue weighted by molar-refractivity contribution is 5.89. The third-order valence-electron chi connectivity index (χ3n) is 4.44. The molecule has 0 unspecified atom stereocenters. The summed E-state index contributed by atoms with van der Waals surface area (Å²) in [4.78, 5) is 14.4. The number of piperidine rings is 1. The van der Waals surface area contributed by atoms with Crippen LogP contribution in [-0.4, -0.2) is 19.1 Å². The Balaban J connectivity index is 1.50. The molecule has 4 nitrogen and oxygen atoms in total. The van der Waals surface area contributed by atoms with Crippen LogP contribution >= 0.6 is 0 Å². The number of nitrogens with one attached hydrogen (secondary N) is 2. The highest BCUT2D eigenvalue weighted by atomic mass is 16.2. The Morgan fingerprint density at radius 2 is 1.88 bits per heavy atom. The Labute approximate surface area is 143 Å². The molecular weight excluding hydrogens is 298 g/mol. The molecule has 1 saturated heterocycles. The zero-order valence-corrected chi connectivity index (χ0v) is 14.2. The van der Waals surface area contributed by atoms with Gasteiger partial charge in [-0.25, -0.2) is 4.79 Å². The van der Waals surface area contributed by atoms with Gasteiger partial charge in [0, 0.05) is 31.0 Å². The van der Waals surface area contributed by atoms with Gasteiger partial charge in [0.1, 0.15) is 0 Å². The first-order valence-electron chi connectivity index (χ1n) is 8.64. The van der Waals surface area contributed by atoms with Crippen molar-refractivity contribution in [2.75, 3.05) is 23.3 Å². The molecule has 0 aromatic heterocycles. The number of rotatable bonds is 4. The maximum absolute atomic E-state index is 11.9. The Kier molecular flexibility index (Phi) is 5.36. The Bertz CT molecular complexity index is 654. The molecule has 1 fully saturated rings. The molecule has 24 heavy (non-hydrogen) atoms. The summed E-state index contributed by atoms with van der Waals surface area (Å²) in [6.45, 7) is 5.11. The fraction of sp³-hybridized carbons (Fsp3) is 0.350. The first-order chi connectivity index (χ1) is 11.7. The van der Waals surface area contributed by atoms with Crippen LogP contribution < -0.4 is 15.5 Å². The second-order valence-corrected chi connectivity index (χ2v) is 6.53. The molecule has 2 aromatic rings. The van der Waals surface area contributed by atoms with Crippen molar-refractivity contribution in [2.45, 2.75) is 26.3 Å². The van der Waals surface area contributed by atoms with Crippen LogP contribution in [0, 0.1) is 5.92 Å². The van der Waals surface area contributed by atoms with Gasteiger partial charge in [0.05, 0.1) is 0 Å². The van der Waals surface area contributed by atoms with Crippen molar-refractivity contribution in [3.63, 3.8) is 0 Å². The van der Waals surface area contributed by atoms with Crippen LogP contribution in [0.1, 0.15) is 25.3 Å². The van der Waals surface area contributed by atoms with Crippen LogP contribution in [0.4, 0.5) is 16.2 Å². The van der Waals surface area contributed by atoms with Gasteiger partial charge < -0.3 is 15.5 Å². The first-order valence-corrected chi connectivity index (χ1v) is 8.64. The van der Waals surface area contributed by atoms with Gasteiger partial charge in [0.25, 0.3) is 0 Å². The summed E-state index contributed by atoms with van der Waals surface area (Å²) >= 11 is 0. The molecule has 126 valence electrons. The summed E-state index contributed by atoms with van der Waals surface area (Å²) in [6, 6.07) is 17.8. The lowest BCUT2D eigenvalue weighted by atomic mass is 9.99. The van der Waals surface area contributed by atoms with Crippen LogP contribution in [0.25, 0.3) is 0 Å². The zero-order valence-electron chi connectivity index (χ0n) is 14.2. The van der Waals surface area contributed by atoms with Crippen molar-refractivity contribution in [3.05, 3.63) is 60.2 Å². The average Bonchev–Trinajstić information content (AvgIpc) is 2.61. The van der Waals surface area contributed by atoms with Crippen molar-refractivity contribution in [3.8, 4) is 0 Å². The number of hydrogen-bond donors (Lipinski definition) is 2. The molecule has 0 radical (unpaired) electrons. The lowest BCUT2D eigenvalue weighted by molar-refractivity contribution is 0.251. The maximum Gasteiger partial charge on any atom is 0.319 e. The fourth-order valence-corrected chi connectivity index (χ4v) is 3.13. The topological polar surface area (TPSA) is 44.4 Å². The number of carbonyl (C=O) groups is 1. The minimum Gasteiger partial charge on any atom is -0.371 e. The Morgan fingerprint density at radius 1 is 1.12 bits per heavy atom. The molecule has 0 saturated carbocycles. The van der Waals surface area contributed by atoms with Gasteiger partial charge in [-0.3, -0.25) is 0 Å². The van der Waals surface area contributed by atoms with E-state index in [1.165, 1.54) is 18.5 Å². The highest BCUT2D eigenvalue weighted by Gasteiger charge is 2.16. The summed E-state index contributed by atoms with van der Waals surface area (Å²) in [5.41, 5.74) is 3.18. The predicted molar refractivity (Wildman–Crippen MR) is 99.4 cm³/mol. The first kappa shape index (κ1) is 16.4. The molecular formula is C20H25N3O. The van der Waals surface area contributed by atoms with Gasteiger partial charge in [-0.05, 0) is 48.6 Å². The molecule has 1 aliphatic rings. The number of para-hydroxylation sites is 1. The molecule has 0 aliphatic carbocycles. The molecule has 2 aromatic carbocycles. The van der Waals surface area contributed by atoms with Gasteiger partial charge in [0.15, 0.2) is 0 Å². The number of carbonyl (C=O) groups excluding carboxylic acids is 1. The summed E-state index contributed by atoms with van der Waals surface area (Å²) in [5, 5.41) is 5.71. The van der Waals surface area contributed by atoms with Crippen molar-refractivity contribution >= 4 is 17.4 Å². The summed E-state index contributed by atoms with van der Waals surface area (Å²) < 4.78 is 0. The average molecular weight is 323 g/mol. The van der Waals surface area contributed by atoms with Crippen LogP contribution in [0.2, 0.25) is 0 Å². The van der Waals surface area contributed by atoms with E-state index in [4.69, 9.17) is 0 Å². The van der Waals surface area contributed by atoms with Gasteiger partial charge in [-0.1, -0.05) is 37.3 Å². The molecule has 1 heterocycles. The van der Waals surface area contributed by atoms with Crippen LogP contribution in [0.15, 0.2) is 54.6 Å². The standard InChI is InChI=1S/C20H25N3O/c1-16-6-5-13-23(15-16)19-11-9-17(10-12-19)14-21-20(24)22-18-7-3-2-4-8-18/h2-4,7-12,16H,5-6,13-15H2,1H3,(H2,21,22,24)/t16-/m1/s1. The second kappa shape index (κ2) is 7.86. The molecule has 1 aliphatic heterocycles. The van der Waals surface area contributed by atoms with Crippen molar-refractivity contribution < 1.29 is 4.79 Å². The molecule has 0 spiro atoms. The Hall–Kier alpha value is -2.49. The minimum atomic E-state index is -0.185. The molecule has 3 rings (SSSR count). The SMILES string of the molecule is C[C@@H]1CCCN(c2ccc(CNC(=O)Nc3ccccc3)cc2)C1. The van der Waals surface area contributed by atoms with Crippen molar-refractivity contribution in [1.29, 1.82) is 0 Å². The van der Waals surface area contributed by atoms with E-state index in [2.05, 4.69) is 46.7 Å². The third kappa shape index (κ3) is 4.51. The van der Waals surface area contributed by atoms with E-state index >= 15 is 0 Å². The number of amides is 2. The Morgan fingerprint density at radius 3 is 2.58 bits per heavy atom. The lowest BCUT2D eigenvalue weighted by Crippen LogP contribution is -2.34. The largest absolute Gasteiger partial charge is 0.371 e. The number of hydrogen-bond acceptors (Lipinski definition) is 2. The predicted octanol–water partition coefficient (Wildman–Crippen LogP) is 4.24. The highest BCUT2D eigenvalue weighted by Crippen LogP contribution is 2.23. The normalized spacial score (nSPS) is 17.4. The van der Waals surface area contributed by atoms with E-state index in [1.54, 1.807) is 0 Å². The van der Waals surface area contributed by atoms with Crippen LogP contribution in [0.5, 0.6) is 0 Å². The van der Waals surface area contributed by atoms with Crippen molar-refractivity contribution in [2.24, 2.45) is 5.92 Å².